The van der Waals surface area contributed by atoms with Crippen LogP contribution in [0.1, 0.15) is 62.5 Å². The standard InChI is InChI=1S/C31H34N4O3S2/c1-22(2)19-23-8-10-24(11-9-23)27-20-29(30-7-6-18-38-30)35(33-27)31-32-28(21-39-31)25-12-14-26(15-13-25)40(36,37)34-16-4-3-5-17-34/h6-15,18,21-22,29H,3-5,16-17,19-20H2,1-2H3/t29-/m1/s1. The van der Waals surface area contributed by atoms with E-state index in [9.17, 15) is 8.42 Å². The van der Waals surface area contributed by atoms with Gasteiger partial charge in [-0.25, -0.2) is 18.4 Å². The Labute approximate surface area is 240 Å². The molecule has 2 aromatic heterocycles. The average molecular weight is 575 g/mol. The molecule has 4 aromatic rings. The van der Waals surface area contributed by atoms with Crippen LogP contribution in [0.3, 0.4) is 0 Å². The third-order valence-electron chi connectivity index (χ3n) is 7.50. The van der Waals surface area contributed by atoms with Gasteiger partial charge in [0.15, 0.2) is 0 Å². The van der Waals surface area contributed by atoms with Crippen LogP contribution in [0.5, 0.6) is 0 Å². The summed E-state index contributed by atoms with van der Waals surface area (Å²) >= 11 is 1.52. The summed E-state index contributed by atoms with van der Waals surface area (Å²) in [6, 6.07) is 19.6. The second-order valence-corrected chi connectivity index (χ2v) is 13.7. The fraction of sp³-hybridized carbons (Fsp3) is 0.355. The zero-order valence-corrected chi connectivity index (χ0v) is 24.5. The predicted molar refractivity (Wildman–Crippen MR) is 160 cm³/mol. The Morgan fingerprint density at radius 2 is 1.70 bits per heavy atom. The van der Waals surface area contributed by atoms with Gasteiger partial charge in [0.25, 0.3) is 0 Å². The minimum atomic E-state index is -3.46. The van der Waals surface area contributed by atoms with Crippen molar-refractivity contribution in [1.82, 2.24) is 9.29 Å². The number of sulfonamides is 1. The van der Waals surface area contributed by atoms with Gasteiger partial charge in [-0.2, -0.15) is 9.41 Å². The van der Waals surface area contributed by atoms with E-state index in [0.717, 1.165) is 65.5 Å². The quantitative estimate of drug-likeness (QED) is 0.224. The highest BCUT2D eigenvalue weighted by molar-refractivity contribution is 7.89. The van der Waals surface area contributed by atoms with E-state index in [4.69, 9.17) is 14.5 Å². The Bertz CT molecular complexity index is 1570. The summed E-state index contributed by atoms with van der Waals surface area (Å²) in [5.41, 5.74) is 5.10. The highest BCUT2D eigenvalue weighted by Gasteiger charge is 2.33. The largest absolute Gasteiger partial charge is 0.467 e. The molecule has 1 saturated heterocycles. The van der Waals surface area contributed by atoms with Crippen molar-refractivity contribution in [2.24, 2.45) is 11.0 Å². The Morgan fingerprint density at radius 3 is 2.38 bits per heavy atom. The fourth-order valence-corrected chi connectivity index (χ4v) is 7.77. The third-order valence-corrected chi connectivity index (χ3v) is 10.2. The summed E-state index contributed by atoms with van der Waals surface area (Å²) in [5.74, 6) is 1.46. The Morgan fingerprint density at radius 1 is 0.975 bits per heavy atom. The monoisotopic (exact) mass is 574 g/mol. The maximum absolute atomic E-state index is 13.1. The molecular formula is C31H34N4O3S2. The molecule has 0 unspecified atom stereocenters. The van der Waals surface area contributed by atoms with Crippen LogP contribution < -0.4 is 5.01 Å². The van der Waals surface area contributed by atoms with Gasteiger partial charge in [0.1, 0.15) is 11.8 Å². The van der Waals surface area contributed by atoms with Crippen molar-refractivity contribution in [1.29, 1.82) is 0 Å². The number of rotatable bonds is 8. The number of benzene rings is 2. The number of aromatic nitrogens is 1. The van der Waals surface area contributed by atoms with E-state index in [2.05, 4.69) is 38.1 Å². The van der Waals surface area contributed by atoms with Crippen LogP contribution in [0.4, 0.5) is 5.13 Å². The van der Waals surface area contributed by atoms with Gasteiger partial charge in [0.2, 0.25) is 15.2 Å². The molecule has 0 spiro atoms. The van der Waals surface area contributed by atoms with Gasteiger partial charge in [-0.15, -0.1) is 11.3 Å². The first-order valence-electron chi connectivity index (χ1n) is 13.9. The number of hydrogen-bond acceptors (Lipinski definition) is 7. The number of thiazole rings is 1. The molecule has 0 aliphatic carbocycles. The van der Waals surface area contributed by atoms with Crippen LogP contribution in [0, 0.1) is 5.92 Å². The van der Waals surface area contributed by atoms with E-state index >= 15 is 0 Å². The first-order valence-corrected chi connectivity index (χ1v) is 16.3. The van der Waals surface area contributed by atoms with Crippen molar-refractivity contribution in [3.8, 4) is 11.3 Å². The minimum Gasteiger partial charge on any atom is -0.467 e. The van der Waals surface area contributed by atoms with E-state index in [0.29, 0.717) is 23.9 Å². The highest BCUT2D eigenvalue weighted by Crippen LogP contribution is 2.39. The topological polar surface area (TPSA) is 79.0 Å². The van der Waals surface area contributed by atoms with Crippen LogP contribution in [-0.4, -0.2) is 36.5 Å². The lowest BCUT2D eigenvalue weighted by Crippen LogP contribution is -2.35. The van der Waals surface area contributed by atoms with Crippen molar-refractivity contribution < 1.29 is 12.8 Å². The zero-order valence-electron chi connectivity index (χ0n) is 22.9. The smallest absolute Gasteiger partial charge is 0.243 e. The summed E-state index contributed by atoms with van der Waals surface area (Å²) in [5, 5.41) is 9.74. The molecule has 6 rings (SSSR count). The maximum Gasteiger partial charge on any atom is 0.243 e. The molecule has 2 aliphatic rings. The molecule has 4 heterocycles. The van der Waals surface area contributed by atoms with Crippen LogP contribution in [-0.2, 0) is 16.4 Å². The third kappa shape index (κ3) is 5.50. The van der Waals surface area contributed by atoms with Crippen LogP contribution in [0.25, 0.3) is 11.3 Å². The Kier molecular flexibility index (Phi) is 7.61. The van der Waals surface area contributed by atoms with E-state index in [1.807, 2.05) is 34.7 Å². The van der Waals surface area contributed by atoms with Crippen molar-refractivity contribution in [3.63, 3.8) is 0 Å². The predicted octanol–water partition coefficient (Wildman–Crippen LogP) is 7.13. The fourth-order valence-electron chi connectivity index (χ4n) is 5.42. The van der Waals surface area contributed by atoms with Crippen molar-refractivity contribution in [2.45, 2.75) is 56.9 Å². The van der Waals surface area contributed by atoms with Crippen molar-refractivity contribution in [2.75, 3.05) is 18.1 Å². The molecule has 0 bridgehead atoms. The van der Waals surface area contributed by atoms with Gasteiger partial charge in [-0.05, 0) is 60.6 Å². The minimum absolute atomic E-state index is 0.0867. The maximum atomic E-state index is 13.1. The van der Waals surface area contributed by atoms with E-state index in [1.54, 1.807) is 22.7 Å². The van der Waals surface area contributed by atoms with Crippen LogP contribution in [0.15, 0.2) is 86.7 Å². The summed E-state index contributed by atoms with van der Waals surface area (Å²) in [4.78, 5) is 5.25. The first-order chi connectivity index (χ1) is 19.4. The molecule has 208 valence electrons. The zero-order chi connectivity index (χ0) is 27.7. The highest BCUT2D eigenvalue weighted by atomic mass is 32.2. The molecule has 2 aliphatic heterocycles. The molecule has 2 aromatic carbocycles. The molecule has 7 nitrogen and oxygen atoms in total. The summed E-state index contributed by atoms with van der Waals surface area (Å²) < 4.78 is 33.5. The number of anilines is 1. The SMILES string of the molecule is CC(C)Cc1ccc(C2=NN(c3nc(-c4ccc(S(=O)(=O)N5CCCCC5)cc4)cs3)[C@@H](c3ccco3)C2)cc1. The number of hydrogen-bond donors (Lipinski definition) is 0. The normalized spacial score (nSPS) is 18.4. The van der Waals surface area contributed by atoms with Crippen molar-refractivity contribution in [3.05, 3.63) is 89.2 Å². The van der Waals surface area contributed by atoms with Gasteiger partial charge in [0.05, 0.1) is 22.6 Å². The summed E-state index contributed by atoms with van der Waals surface area (Å²) in [7, 11) is -3.46. The van der Waals surface area contributed by atoms with Gasteiger partial charge < -0.3 is 4.42 Å². The van der Waals surface area contributed by atoms with Crippen molar-refractivity contribution >= 4 is 32.2 Å². The van der Waals surface area contributed by atoms with E-state index < -0.39 is 10.0 Å². The van der Waals surface area contributed by atoms with Crippen LogP contribution in [0.2, 0.25) is 0 Å². The summed E-state index contributed by atoms with van der Waals surface area (Å²) in [6.07, 6.45) is 6.39. The van der Waals surface area contributed by atoms with Crippen LogP contribution >= 0.6 is 11.3 Å². The van der Waals surface area contributed by atoms with Gasteiger partial charge in [0, 0.05) is 30.5 Å². The van der Waals surface area contributed by atoms with E-state index in [1.165, 1.54) is 16.9 Å². The van der Waals surface area contributed by atoms with Gasteiger partial charge >= 0.3 is 0 Å². The average Bonchev–Trinajstić information content (AvgIpc) is 3.75. The molecule has 0 saturated carbocycles. The molecule has 0 N–H and O–H groups in total. The molecule has 0 amide bonds. The van der Waals surface area contributed by atoms with Gasteiger partial charge in [-0.1, -0.05) is 56.7 Å². The number of furan rings is 1. The molecule has 1 fully saturated rings. The molecule has 1 atom stereocenters. The molecule has 9 heteroatoms. The number of hydrazone groups is 1. The summed E-state index contributed by atoms with van der Waals surface area (Å²) in [6.45, 7) is 5.65. The molecule has 40 heavy (non-hydrogen) atoms. The van der Waals surface area contributed by atoms with E-state index in [-0.39, 0.29) is 6.04 Å². The Hall–Kier alpha value is -3.27. The first kappa shape index (κ1) is 26.9. The Balaban J connectivity index is 1.25. The number of nitrogens with zero attached hydrogens (tertiary/aromatic N) is 4. The lowest BCUT2D eigenvalue weighted by molar-refractivity contribution is 0.346. The van der Waals surface area contributed by atoms with Gasteiger partial charge in [-0.3, -0.25) is 0 Å². The second kappa shape index (κ2) is 11.3. The second-order valence-electron chi connectivity index (χ2n) is 10.9. The lowest BCUT2D eigenvalue weighted by atomic mass is 9.98. The lowest BCUT2D eigenvalue weighted by Gasteiger charge is -2.25. The molecule has 0 radical (unpaired) electrons. The molecular weight excluding hydrogens is 541 g/mol. The number of piperidine rings is 1.